The van der Waals surface area contributed by atoms with Gasteiger partial charge in [-0.2, -0.15) is 0 Å². The van der Waals surface area contributed by atoms with Crippen LogP contribution >= 0.6 is 12.4 Å². The highest BCUT2D eigenvalue weighted by Crippen LogP contribution is 2.18. The molecule has 0 spiro atoms. The Hall–Kier alpha value is 0.170. The zero-order chi connectivity index (χ0) is 14.9. The summed E-state index contributed by atoms with van der Waals surface area (Å²) in [6.07, 6.45) is 9.78. The molecule has 2 N–H and O–H groups in total. The van der Waals surface area contributed by atoms with Gasteiger partial charge in [-0.25, -0.2) is 0 Å². The average molecular weight is 310 g/mol. The molecule has 0 rings (SSSR count). The largest absolute Gasteiger partial charge is 0.353 e. The quantitative estimate of drug-likeness (QED) is 0.445. The lowest BCUT2D eigenvalue weighted by molar-refractivity contribution is -0.254. The van der Waals surface area contributed by atoms with E-state index in [0.717, 1.165) is 18.8 Å². The monoisotopic (exact) mass is 309 g/mol. The summed E-state index contributed by atoms with van der Waals surface area (Å²) in [5.74, 6) is -0.872. The first kappa shape index (κ1) is 22.5. The van der Waals surface area contributed by atoms with Gasteiger partial charge in [-0.15, -0.1) is 12.4 Å². The molecule has 0 fully saturated rings. The van der Waals surface area contributed by atoms with Crippen molar-refractivity contribution >= 4 is 12.4 Å². The van der Waals surface area contributed by atoms with E-state index < -0.39 is 5.91 Å². The first-order chi connectivity index (χ1) is 8.79. The van der Waals surface area contributed by atoms with Gasteiger partial charge in [0.1, 0.15) is 0 Å². The highest BCUT2D eigenvalue weighted by molar-refractivity contribution is 5.85. The molecule has 4 heteroatoms. The van der Waals surface area contributed by atoms with Crippen molar-refractivity contribution in [2.24, 2.45) is 5.92 Å². The van der Waals surface area contributed by atoms with Crippen LogP contribution in [0.1, 0.15) is 79.1 Å². The molecule has 0 aliphatic rings. The maximum atomic E-state index is 9.59. The number of rotatable bonds is 11. The lowest BCUT2D eigenvalue weighted by Crippen LogP contribution is -2.49. The van der Waals surface area contributed by atoms with Crippen molar-refractivity contribution < 1.29 is 10.2 Å². The fraction of sp³-hybridized carbons (Fsp3) is 1.00. The van der Waals surface area contributed by atoms with Gasteiger partial charge in [-0.3, -0.25) is 4.90 Å². The molecule has 3 nitrogen and oxygen atoms in total. The molecule has 124 valence electrons. The van der Waals surface area contributed by atoms with Crippen molar-refractivity contribution in [1.29, 1.82) is 0 Å². The van der Waals surface area contributed by atoms with Crippen LogP contribution in [0.2, 0.25) is 0 Å². The molecule has 0 aromatic rings. The first-order valence-electron chi connectivity index (χ1n) is 7.96. The van der Waals surface area contributed by atoms with Crippen molar-refractivity contribution in [3.05, 3.63) is 0 Å². The molecule has 0 amide bonds. The maximum absolute atomic E-state index is 9.59. The van der Waals surface area contributed by atoms with Gasteiger partial charge in [0, 0.05) is 13.0 Å². The topological polar surface area (TPSA) is 43.7 Å². The average Bonchev–Trinajstić information content (AvgIpc) is 2.30. The maximum Gasteiger partial charge on any atom is 0.221 e. The van der Waals surface area contributed by atoms with Gasteiger partial charge in [0.15, 0.2) is 0 Å². The summed E-state index contributed by atoms with van der Waals surface area (Å²) < 4.78 is 0. The highest BCUT2D eigenvalue weighted by atomic mass is 35.5. The summed E-state index contributed by atoms with van der Waals surface area (Å²) in [6, 6.07) is 0.260. The minimum Gasteiger partial charge on any atom is -0.353 e. The predicted octanol–water partition coefficient (Wildman–Crippen LogP) is 4.16. The Bertz CT molecular complexity index is 217. The third-order valence-corrected chi connectivity index (χ3v) is 4.01. The molecule has 0 heterocycles. The Labute approximate surface area is 132 Å². The Morgan fingerprint density at radius 1 is 0.950 bits per heavy atom. The van der Waals surface area contributed by atoms with Crippen LogP contribution in [0.3, 0.4) is 0 Å². The van der Waals surface area contributed by atoms with Crippen LogP contribution in [0.4, 0.5) is 0 Å². The molecule has 0 saturated carbocycles. The number of nitrogens with zero attached hydrogens (tertiary/aromatic N) is 1. The van der Waals surface area contributed by atoms with Crippen molar-refractivity contribution in [3.63, 3.8) is 0 Å². The van der Waals surface area contributed by atoms with Gasteiger partial charge in [-0.1, -0.05) is 59.3 Å². The minimum atomic E-state index is -1.70. The first-order valence-corrected chi connectivity index (χ1v) is 7.96. The van der Waals surface area contributed by atoms with Gasteiger partial charge >= 0.3 is 0 Å². The molecule has 0 aromatic carbocycles. The lowest BCUT2D eigenvalue weighted by Gasteiger charge is -2.35. The zero-order valence-electron chi connectivity index (χ0n) is 14.1. The summed E-state index contributed by atoms with van der Waals surface area (Å²) in [5.41, 5.74) is 0. The van der Waals surface area contributed by atoms with E-state index in [1.165, 1.54) is 45.4 Å². The van der Waals surface area contributed by atoms with Crippen LogP contribution in [0.15, 0.2) is 0 Å². The summed E-state index contributed by atoms with van der Waals surface area (Å²) in [6.45, 7) is 8.10. The van der Waals surface area contributed by atoms with E-state index in [1.807, 2.05) is 0 Å². The van der Waals surface area contributed by atoms with E-state index in [-0.39, 0.29) is 18.4 Å². The van der Waals surface area contributed by atoms with Crippen molar-refractivity contribution in [2.45, 2.75) is 91.0 Å². The van der Waals surface area contributed by atoms with Crippen molar-refractivity contribution in [3.8, 4) is 0 Å². The summed E-state index contributed by atoms with van der Waals surface area (Å²) >= 11 is 0. The number of hydrogen-bond acceptors (Lipinski definition) is 3. The second-order valence-corrected chi connectivity index (χ2v) is 6.38. The fourth-order valence-electron chi connectivity index (χ4n) is 2.48. The van der Waals surface area contributed by atoms with Gasteiger partial charge in [0.25, 0.3) is 0 Å². The number of aliphatic hydroxyl groups is 2. The molecule has 0 aliphatic carbocycles. The van der Waals surface area contributed by atoms with E-state index in [0.29, 0.717) is 0 Å². The normalized spacial score (nSPS) is 13.7. The zero-order valence-corrected chi connectivity index (χ0v) is 14.9. The van der Waals surface area contributed by atoms with Crippen LogP contribution in [-0.4, -0.2) is 34.1 Å². The van der Waals surface area contributed by atoms with E-state index in [2.05, 4.69) is 20.8 Å². The summed E-state index contributed by atoms with van der Waals surface area (Å²) in [5, 5.41) is 19.2. The van der Waals surface area contributed by atoms with Crippen LogP contribution in [0, 0.1) is 5.92 Å². The molecule has 1 atom stereocenters. The predicted molar refractivity (Wildman–Crippen MR) is 89.1 cm³/mol. The molecule has 1 unspecified atom stereocenters. The third-order valence-electron chi connectivity index (χ3n) is 4.01. The molecular formula is C16H36ClNO2. The van der Waals surface area contributed by atoms with Gasteiger partial charge in [0.05, 0.1) is 0 Å². The number of halogens is 1. The molecular weight excluding hydrogens is 274 g/mol. The molecule has 0 saturated heterocycles. The second-order valence-electron chi connectivity index (χ2n) is 6.38. The molecule has 0 aliphatic heterocycles. The van der Waals surface area contributed by atoms with Gasteiger partial charge in [-0.05, 0) is 25.8 Å². The Morgan fingerprint density at radius 2 is 1.40 bits per heavy atom. The molecule has 0 radical (unpaired) electrons. The molecule has 20 heavy (non-hydrogen) atoms. The Morgan fingerprint density at radius 3 is 1.80 bits per heavy atom. The minimum absolute atomic E-state index is 0. The fourth-order valence-corrected chi connectivity index (χ4v) is 2.48. The standard InChI is InChI=1S/C16H35NO2.ClH/c1-6-15(17(5)16(4,18)19)13-11-9-7-8-10-12-14(2)3;/h14-15,18-19H,6-13H2,1-5H3;1H. The van der Waals surface area contributed by atoms with E-state index in [9.17, 15) is 10.2 Å². The van der Waals surface area contributed by atoms with Crippen molar-refractivity contribution in [1.82, 2.24) is 4.90 Å². The van der Waals surface area contributed by atoms with Crippen LogP contribution in [0.25, 0.3) is 0 Å². The second kappa shape index (κ2) is 11.8. The van der Waals surface area contributed by atoms with Gasteiger partial charge < -0.3 is 10.2 Å². The SMILES string of the molecule is CCC(CCCCCCCC(C)C)N(C)C(C)(O)O.Cl. The number of unbranched alkanes of at least 4 members (excludes halogenated alkanes) is 4. The molecule has 0 bridgehead atoms. The third kappa shape index (κ3) is 10.9. The van der Waals surface area contributed by atoms with Crippen LogP contribution in [-0.2, 0) is 0 Å². The molecule has 0 aromatic heterocycles. The Kier molecular flexibility index (Phi) is 13.2. The smallest absolute Gasteiger partial charge is 0.221 e. The van der Waals surface area contributed by atoms with Crippen molar-refractivity contribution in [2.75, 3.05) is 7.05 Å². The van der Waals surface area contributed by atoms with Crippen LogP contribution < -0.4 is 0 Å². The van der Waals surface area contributed by atoms with Gasteiger partial charge in [0.2, 0.25) is 5.91 Å². The van der Waals surface area contributed by atoms with E-state index in [1.54, 1.807) is 11.9 Å². The van der Waals surface area contributed by atoms with E-state index >= 15 is 0 Å². The Balaban J connectivity index is 0. The summed E-state index contributed by atoms with van der Waals surface area (Å²) in [4.78, 5) is 1.67. The van der Waals surface area contributed by atoms with Crippen LogP contribution in [0.5, 0.6) is 0 Å². The highest BCUT2D eigenvalue weighted by Gasteiger charge is 2.27. The number of hydrogen-bond donors (Lipinski definition) is 2. The van der Waals surface area contributed by atoms with E-state index in [4.69, 9.17) is 0 Å². The lowest BCUT2D eigenvalue weighted by atomic mass is 10.0. The summed E-state index contributed by atoms with van der Waals surface area (Å²) in [7, 11) is 1.79.